The van der Waals surface area contributed by atoms with E-state index in [0.717, 1.165) is 11.3 Å². The van der Waals surface area contributed by atoms with Crippen molar-refractivity contribution >= 4 is 17.8 Å². The molecule has 1 amide bonds. The first-order chi connectivity index (χ1) is 11.1. The highest BCUT2D eigenvalue weighted by molar-refractivity contribution is 5.71. The molecule has 0 aromatic heterocycles. The highest BCUT2D eigenvalue weighted by Crippen LogP contribution is 2.19. The van der Waals surface area contributed by atoms with Gasteiger partial charge in [-0.05, 0) is 30.7 Å². The Morgan fingerprint density at radius 2 is 2.04 bits per heavy atom. The second-order valence-corrected chi connectivity index (χ2v) is 5.42. The second kappa shape index (κ2) is 8.19. The van der Waals surface area contributed by atoms with E-state index in [4.69, 9.17) is 4.74 Å². The summed E-state index contributed by atoms with van der Waals surface area (Å²) in [7, 11) is 1.94. The van der Waals surface area contributed by atoms with Gasteiger partial charge in [-0.3, -0.25) is 4.79 Å². The van der Waals surface area contributed by atoms with Crippen LogP contribution in [-0.4, -0.2) is 37.8 Å². The van der Waals surface area contributed by atoms with Crippen LogP contribution in [0, 0.1) is 6.92 Å². The fourth-order valence-electron chi connectivity index (χ4n) is 2.40. The average molecular weight is 314 g/mol. The van der Waals surface area contributed by atoms with Gasteiger partial charge in [0.2, 0.25) is 6.41 Å². The Morgan fingerprint density at radius 1 is 1.26 bits per heavy atom. The monoisotopic (exact) mass is 314 g/mol. The van der Waals surface area contributed by atoms with Crippen LogP contribution in [0.5, 0.6) is 5.75 Å². The summed E-state index contributed by atoms with van der Waals surface area (Å²) in [4.78, 5) is 12.4. The van der Waals surface area contributed by atoms with Gasteiger partial charge < -0.3 is 20.1 Å². The van der Waals surface area contributed by atoms with Crippen molar-refractivity contribution < 1.29 is 14.6 Å². The molecule has 5 heteroatoms. The number of nitrogens with one attached hydrogen (secondary N) is 1. The van der Waals surface area contributed by atoms with Gasteiger partial charge in [0.15, 0.2) is 0 Å². The van der Waals surface area contributed by atoms with E-state index in [1.165, 1.54) is 0 Å². The van der Waals surface area contributed by atoms with Crippen molar-refractivity contribution in [3.8, 4) is 5.75 Å². The zero-order chi connectivity index (χ0) is 16.7. The maximum Gasteiger partial charge on any atom is 0.211 e. The molecule has 1 unspecified atom stereocenters. The molecule has 2 rings (SSSR count). The molecule has 5 nitrogen and oxygen atoms in total. The first-order valence-electron chi connectivity index (χ1n) is 7.48. The van der Waals surface area contributed by atoms with Crippen LogP contribution in [-0.2, 0) is 4.79 Å². The lowest BCUT2D eigenvalue weighted by Gasteiger charge is -2.24. The number of aliphatic hydroxyl groups excluding tert-OH is 1. The van der Waals surface area contributed by atoms with E-state index in [1.807, 2.05) is 43.1 Å². The smallest absolute Gasteiger partial charge is 0.211 e. The minimum Gasteiger partial charge on any atom is -0.491 e. The summed E-state index contributed by atoms with van der Waals surface area (Å²) in [6.07, 6.45) is -0.00669. The van der Waals surface area contributed by atoms with Crippen LogP contribution in [0.1, 0.15) is 5.56 Å². The molecule has 0 radical (unpaired) electrons. The number of hydrogen-bond acceptors (Lipinski definition) is 4. The van der Waals surface area contributed by atoms with Gasteiger partial charge in [-0.15, -0.1) is 0 Å². The van der Waals surface area contributed by atoms with Crippen molar-refractivity contribution in [1.82, 2.24) is 0 Å². The predicted molar refractivity (Wildman–Crippen MR) is 92.1 cm³/mol. The van der Waals surface area contributed by atoms with Crippen molar-refractivity contribution in [3.63, 3.8) is 0 Å². The Labute approximate surface area is 136 Å². The normalized spacial score (nSPS) is 11.6. The fourth-order valence-corrected chi connectivity index (χ4v) is 2.40. The molecule has 0 aliphatic carbocycles. The minimum atomic E-state index is -0.623. The quantitative estimate of drug-likeness (QED) is 0.735. The maximum absolute atomic E-state index is 10.4. The highest BCUT2D eigenvalue weighted by atomic mass is 16.5. The van der Waals surface area contributed by atoms with Gasteiger partial charge >= 0.3 is 0 Å². The van der Waals surface area contributed by atoms with Crippen molar-refractivity contribution in [3.05, 3.63) is 54.1 Å². The van der Waals surface area contributed by atoms with E-state index in [1.54, 1.807) is 24.3 Å². The fraction of sp³-hybridized carbons (Fsp3) is 0.278. The Morgan fingerprint density at radius 3 is 2.78 bits per heavy atom. The number of hydrogen-bond donors (Lipinski definition) is 2. The largest absolute Gasteiger partial charge is 0.491 e. The minimum absolute atomic E-state index is 0.181. The number of nitrogens with zero attached hydrogens (tertiary/aromatic N) is 1. The number of para-hydroxylation sites is 1. The number of benzene rings is 2. The molecular formula is C18H22N2O3. The Hall–Kier alpha value is -2.53. The Balaban J connectivity index is 1.87. The van der Waals surface area contributed by atoms with Gasteiger partial charge in [-0.2, -0.15) is 0 Å². The lowest BCUT2D eigenvalue weighted by Crippen LogP contribution is -2.33. The van der Waals surface area contributed by atoms with E-state index in [0.29, 0.717) is 24.4 Å². The second-order valence-electron chi connectivity index (χ2n) is 5.42. The van der Waals surface area contributed by atoms with Gasteiger partial charge in [0, 0.05) is 31.0 Å². The van der Waals surface area contributed by atoms with Crippen molar-refractivity contribution in [2.75, 3.05) is 30.4 Å². The standard InChI is InChI=1S/C18H22N2O3/c1-14-6-3-4-9-18(14)20(2)11-16(22)12-23-17-8-5-7-15(10-17)19-13-21/h3-10,13,16,22H,11-12H2,1-2H3,(H,19,21). The number of carbonyl (C=O) groups excluding carboxylic acids is 1. The summed E-state index contributed by atoms with van der Waals surface area (Å²) >= 11 is 0. The number of anilines is 2. The van der Waals surface area contributed by atoms with Gasteiger partial charge in [0.1, 0.15) is 18.5 Å². The lowest BCUT2D eigenvalue weighted by atomic mass is 10.2. The van der Waals surface area contributed by atoms with E-state index in [9.17, 15) is 9.90 Å². The van der Waals surface area contributed by atoms with Crippen LogP contribution in [0.4, 0.5) is 11.4 Å². The molecular weight excluding hydrogens is 292 g/mol. The lowest BCUT2D eigenvalue weighted by molar-refractivity contribution is -0.105. The third-order valence-electron chi connectivity index (χ3n) is 3.51. The van der Waals surface area contributed by atoms with Crippen LogP contribution in [0.15, 0.2) is 48.5 Å². The maximum atomic E-state index is 10.4. The summed E-state index contributed by atoms with van der Waals surface area (Å²) in [5.41, 5.74) is 2.91. The average Bonchev–Trinajstić information content (AvgIpc) is 2.54. The SMILES string of the molecule is Cc1ccccc1N(C)CC(O)COc1cccc(NC=O)c1. The molecule has 2 aromatic carbocycles. The molecule has 0 bridgehead atoms. The molecule has 2 N–H and O–H groups in total. The van der Waals surface area contributed by atoms with Crippen molar-refractivity contribution in [2.24, 2.45) is 0 Å². The number of carbonyl (C=O) groups is 1. The molecule has 1 atom stereocenters. The third kappa shape index (κ3) is 5.00. The van der Waals surface area contributed by atoms with Crippen LogP contribution >= 0.6 is 0 Å². The summed E-state index contributed by atoms with van der Waals surface area (Å²) in [6.45, 7) is 2.69. The van der Waals surface area contributed by atoms with E-state index in [2.05, 4.69) is 5.32 Å². The van der Waals surface area contributed by atoms with Crippen molar-refractivity contribution in [1.29, 1.82) is 0 Å². The summed E-state index contributed by atoms with van der Waals surface area (Å²) < 4.78 is 5.59. The van der Waals surface area contributed by atoms with Crippen LogP contribution in [0.25, 0.3) is 0 Å². The number of ether oxygens (including phenoxy) is 1. The highest BCUT2D eigenvalue weighted by Gasteiger charge is 2.11. The molecule has 122 valence electrons. The molecule has 0 saturated heterocycles. The topological polar surface area (TPSA) is 61.8 Å². The molecule has 0 aliphatic rings. The van der Waals surface area contributed by atoms with Gasteiger partial charge in [0.05, 0.1) is 0 Å². The van der Waals surface area contributed by atoms with Crippen LogP contribution in [0.2, 0.25) is 0 Å². The first kappa shape index (κ1) is 16.8. The first-order valence-corrected chi connectivity index (χ1v) is 7.48. The van der Waals surface area contributed by atoms with Gasteiger partial charge in [0.25, 0.3) is 0 Å². The molecule has 0 heterocycles. The molecule has 23 heavy (non-hydrogen) atoms. The van der Waals surface area contributed by atoms with Gasteiger partial charge in [-0.25, -0.2) is 0 Å². The number of rotatable bonds is 8. The van der Waals surface area contributed by atoms with E-state index >= 15 is 0 Å². The molecule has 0 saturated carbocycles. The molecule has 0 aliphatic heterocycles. The zero-order valence-corrected chi connectivity index (χ0v) is 13.4. The summed E-state index contributed by atoms with van der Waals surface area (Å²) in [5, 5.41) is 12.7. The van der Waals surface area contributed by atoms with Gasteiger partial charge in [-0.1, -0.05) is 24.3 Å². The number of aryl methyl sites for hydroxylation is 1. The summed E-state index contributed by atoms with van der Waals surface area (Å²) in [5.74, 6) is 0.606. The number of amides is 1. The molecule has 0 fully saturated rings. The zero-order valence-electron chi connectivity index (χ0n) is 13.4. The Kier molecular flexibility index (Phi) is 6.00. The number of aliphatic hydroxyl groups is 1. The predicted octanol–water partition coefficient (Wildman–Crippen LogP) is 2.44. The Bertz CT molecular complexity index is 646. The molecule has 0 spiro atoms. The summed E-state index contributed by atoms with van der Waals surface area (Å²) in [6, 6.07) is 15.1. The molecule has 2 aromatic rings. The van der Waals surface area contributed by atoms with Crippen LogP contribution in [0.3, 0.4) is 0 Å². The van der Waals surface area contributed by atoms with Crippen LogP contribution < -0.4 is 15.0 Å². The third-order valence-corrected chi connectivity index (χ3v) is 3.51. The van der Waals surface area contributed by atoms with E-state index < -0.39 is 6.10 Å². The number of likely N-dealkylation sites (N-methyl/N-ethyl adjacent to an activating group) is 1. The van der Waals surface area contributed by atoms with Crippen molar-refractivity contribution in [2.45, 2.75) is 13.0 Å². The van der Waals surface area contributed by atoms with E-state index in [-0.39, 0.29) is 6.61 Å².